The van der Waals surface area contributed by atoms with Crippen LogP contribution in [0.25, 0.3) is 10.9 Å². The maximum atomic E-state index is 12.3. The van der Waals surface area contributed by atoms with Crippen LogP contribution in [-0.2, 0) is 6.54 Å². The van der Waals surface area contributed by atoms with Crippen LogP contribution in [0, 0.1) is 0 Å². The van der Waals surface area contributed by atoms with Crippen LogP contribution in [0.1, 0.15) is 15.9 Å². The van der Waals surface area contributed by atoms with Crippen LogP contribution in [0.5, 0.6) is 0 Å². The third-order valence-corrected chi connectivity index (χ3v) is 3.49. The monoisotopic (exact) mass is 307 g/mol. The van der Waals surface area contributed by atoms with E-state index in [1.807, 2.05) is 36.4 Å². The Kier molecular flexibility index (Phi) is 3.97. The number of carbonyl (C=O) groups excluding carboxylic acids is 1. The first kappa shape index (κ1) is 14.6. The molecule has 116 valence electrons. The molecule has 3 aromatic rings. The van der Waals surface area contributed by atoms with E-state index in [0.29, 0.717) is 17.8 Å². The third kappa shape index (κ3) is 3.32. The molecule has 23 heavy (non-hydrogen) atoms. The Morgan fingerprint density at radius 1 is 1.13 bits per heavy atom. The number of H-pyrrole nitrogens is 1. The maximum absolute atomic E-state index is 12.3. The molecule has 6 nitrogen and oxygen atoms in total. The van der Waals surface area contributed by atoms with E-state index < -0.39 is 0 Å². The maximum Gasteiger partial charge on any atom is 0.260 e. The summed E-state index contributed by atoms with van der Waals surface area (Å²) in [5.74, 6) is -0.210. The van der Waals surface area contributed by atoms with Gasteiger partial charge in [0.15, 0.2) is 5.96 Å². The number of aromatic nitrogens is 1. The Hall–Kier alpha value is -3.28. The van der Waals surface area contributed by atoms with Crippen LogP contribution in [0.4, 0.5) is 5.69 Å². The van der Waals surface area contributed by atoms with Crippen molar-refractivity contribution >= 4 is 28.5 Å². The number of aliphatic imine (C=N–C) groups is 1. The lowest BCUT2D eigenvalue weighted by molar-refractivity contribution is 0.0978. The highest BCUT2D eigenvalue weighted by Crippen LogP contribution is 2.17. The molecule has 0 fully saturated rings. The number of para-hydroxylation sites is 1. The second-order valence-electron chi connectivity index (χ2n) is 5.15. The fourth-order valence-electron chi connectivity index (χ4n) is 2.28. The van der Waals surface area contributed by atoms with Crippen molar-refractivity contribution in [2.45, 2.75) is 6.54 Å². The van der Waals surface area contributed by atoms with Gasteiger partial charge in [-0.25, -0.2) is 4.99 Å². The zero-order valence-electron chi connectivity index (χ0n) is 12.4. The first-order valence-electron chi connectivity index (χ1n) is 7.15. The van der Waals surface area contributed by atoms with Gasteiger partial charge in [0.05, 0.1) is 12.1 Å². The van der Waals surface area contributed by atoms with E-state index in [4.69, 9.17) is 11.5 Å². The van der Waals surface area contributed by atoms with Gasteiger partial charge in [-0.3, -0.25) is 10.1 Å². The summed E-state index contributed by atoms with van der Waals surface area (Å²) in [6.45, 7) is 0.375. The number of nitrogens with two attached hydrogens (primary N) is 2. The summed E-state index contributed by atoms with van der Waals surface area (Å²) < 4.78 is 0. The highest BCUT2D eigenvalue weighted by molar-refractivity contribution is 6.12. The number of guanidine groups is 1. The average Bonchev–Trinajstić information content (AvgIpc) is 2.98. The minimum atomic E-state index is -0.291. The van der Waals surface area contributed by atoms with Crippen molar-refractivity contribution in [1.29, 1.82) is 0 Å². The van der Waals surface area contributed by atoms with Crippen LogP contribution >= 0.6 is 0 Å². The van der Waals surface area contributed by atoms with Crippen molar-refractivity contribution < 1.29 is 4.79 Å². The predicted octanol–water partition coefficient (Wildman–Crippen LogP) is 1.99. The summed E-state index contributed by atoms with van der Waals surface area (Å²) in [6.07, 6.45) is 1.66. The highest BCUT2D eigenvalue weighted by Gasteiger charge is 2.12. The molecule has 0 saturated heterocycles. The normalized spacial score (nSPS) is 11.6. The second kappa shape index (κ2) is 6.23. The van der Waals surface area contributed by atoms with E-state index in [0.717, 1.165) is 16.5 Å². The fourth-order valence-corrected chi connectivity index (χ4v) is 2.28. The van der Waals surface area contributed by atoms with Gasteiger partial charge in [-0.1, -0.05) is 30.3 Å². The molecule has 1 heterocycles. The van der Waals surface area contributed by atoms with Crippen LogP contribution < -0.4 is 16.8 Å². The zero-order chi connectivity index (χ0) is 16.2. The van der Waals surface area contributed by atoms with Gasteiger partial charge in [0.1, 0.15) is 0 Å². The minimum Gasteiger partial charge on any atom is -0.399 e. The molecule has 0 aliphatic rings. The van der Waals surface area contributed by atoms with E-state index >= 15 is 0 Å². The average molecular weight is 307 g/mol. The van der Waals surface area contributed by atoms with E-state index in [2.05, 4.69) is 15.3 Å². The number of anilines is 1. The topological polar surface area (TPSA) is 109 Å². The molecule has 2 aromatic carbocycles. The molecule has 0 bridgehead atoms. The SMILES string of the molecule is NC(=NCc1ccc(N)cc1)NC(=O)c1c[nH]c2ccccc12. The molecule has 0 radical (unpaired) electrons. The summed E-state index contributed by atoms with van der Waals surface area (Å²) in [4.78, 5) is 19.5. The number of amides is 1. The van der Waals surface area contributed by atoms with E-state index in [1.54, 1.807) is 18.3 Å². The molecule has 0 aliphatic heterocycles. The number of hydrogen-bond acceptors (Lipinski definition) is 3. The molecule has 0 aliphatic carbocycles. The molecule has 0 atom stereocenters. The van der Waals surface area contributed by atoms with Gasteiger partial charge in [0, 0.05) is 22.8 Å². The number of nitrogens with one attached hydrogen (secondary N) is 2. The Labute approximate surface area is 133 Å². The second-order valence-corrected chi connectivity index (χ2v) is 5.15. The van der Waals surface area contributed by atoms with Gasteiger partial charge in [-0.15, -0.1) is 0 Å². The van der Waals surface area contributed by atoms with Crippen LogP contribution in [0.15, 0.2) is 59.7 Å². The van der Waals surface area contributed by atoms with Crippen LogP contribution in [0.2, 0.25) is 0 Å². The number of nitrogen functional groups attached to an aromatic ring is 1. The molecular weight excluding hydrogens is 290 g/mol. The van der Waals surface area contributed by atoms with Gasteiger partial charge >= 0.3 is 0 Å². The molecule has 0 unspecified atom stereocenters. The van der Waals surface area contributed by atoms with Gasteiger partial charge in [-0.2, -0.15) is 0 Å². The number of rotatable bonds is 3. The molecule has 6 heteroatoms. The Balaban J connectivity index is 1.69. The Morgan fingerprint density at radius 3 is 2.65 bits per heavy atom. The smallest absolute Gasteiger partial charge is 0.260 e. The zero-order valence-corrected chi connectivity index (χ0v) is 12.4. The molecule has 1 amide bonds. The minimum absolute atomic E-state index is 0.0807. The molecule has 0 saturated carbocycles. The fraction of sp³-hybridized carbons (Fsp3) is 0.0588. The Morgan fingerprint density at radius 2 is 1.87 bits per heavy atom. The van der Waals surface area contributed by atoms with E-state index in [9.17, 15) is 4.79 Å². The number of hydrogen-bond donors (Lipinski definition) is 4. The van der Waals surface area contributed by atoms with Gasteiger partial charge in [0.2, 0.25) is 0 Å². The summed E-state index contributed by atoms with van der Waals surface area (Å²) in [7, 11) is 0. The number of benzene rings is 2. The van der Waals surface area contributed by atoms with Crippen molar-refractivity contribution in [3.63, 3.8) is 0 Å². The predicted molar refractivity (Wildman–Crippen MR) is 91.9 cm³/mol. The largest absolute Gasteiger partial charge is 0.399 e. The van der Waals surface area contributed by atoms with E-state index in [1.165, 1.54) is 0 Å². The first-order valence-corrected chi connectivity index (χ1v) is 7.15. The van der Waals surface area contributed by atoms with Crippen molar-refractivity contribution in [1.82, 2.24) is 10.3 Å². The van der Waals surface area contributed by atoms with Crippen LogP contribution in [-0.4, -0.2) is 16.9 Å². The number of nitrogens with zero attached hydrogens (tertiary/aromatic N) is 1. The standard InChI is InChI=1S/C17H17N5O/c18-12-7-5-11(6-8-12)9-21-17(19)22-16(23)14-10-20-15-4-2-1-3-13(14)15/h1-8,10,20H,9,18H2,(H3,19,21,22,23). The van der Waals surface area contributed by atoms with Crippen molar-refractivity contribution in [2.75, 3.05) is 5.73 Å². The number of aromatic amines is 1. The molecule has 3 rings (SSSR count). The molecule has 1 aromatic heterocycles. The van der Waals surface area contributed by atoms with Gasteiger partial charge < -0.3 is 16.5 Å². The lowest BCUT2D eigenvalue weighted by Crippen LogP contribution is -2.36. The van der Waals surface area contributed by atoms with Crippen molar-refractivity contribution in [3.8, 4) is 0 Å². The lowest BCUT2D eigenvalue weighted by Gasteiger charge is -2.04. The van der Waals surface area contributed by atoms with Crippen molar-refractivity contribution in [3.05, 3.63) is 65.9 Å². The molecular formula is C17H17N5O. The lowest BCUT2D eigenvalue weighted by atomic mass is 10.1. The quantitative estimate of drug-likeness (QED) is 0.337. The number of carbonyl (C=O) groups is 1. The highest BCUT2D eigenvalue weighted by atomic mass is 16.1. The summed E-state index contributed by atoms with van der Waals surface area (Å²) in [6, 6.07) is 14.9. The van der Waals surface area contributed by atoms with Crippen LogP contribution in [0.3, 0.4) is 0 Å². The van der Waals surface area contributed by atoms with Crippen molar-refractivity contribution in [2.24, 2.45) is 10.7 Å². The summed E-state index contributed by atoms with van der Waals surface area (Å²) in [5.41, 5.74) is 14.5. The first-order chi connectivity index (χ1) is 11.1. The molecule has 0 spiro atoms. The van der Waals surface area contributed by atoms with Gasteiger partial charge in [-0.05, 0) is 23.8 Å². The summed E-state index contributed by atoms with van der Waals surface area (Å²) >= 11 is 0. The molecule has 6 N–H and O–H groups in total. The Bertz CT molecular complexity index is 864. The number of fused-ring (bicyclic) bond motifs is 1. The third-order valence-electron chi connectivity index (χ3n) is 3.49. The summed E-state index contributed by atoms with van der Waals surface area (Å²) in [5, 5.41) is 3.44. The van der Waals surface area contributed by atoms with Gasteiger partial charge in [0.25, 0.3) is 5.91 Å². The van der Waals surface area contributed by atoms with E-state index in [-0.39, 0.29) is 11.9 Å².